The van der Waals surface area contributed by atoms with E-state index in [-0.39, 0.29) is 32.4 Å². The van der Waals surface area contributed by atoms with Crippen LogP contribution in [0.5, 0.6) is 0 Å². The van der Waals surface area contributed by atoms with E-state index in [0.29, 0.717) is 0 Å². The number of nitrogens with zero attached hydrogens (tertiary/aromatic N) is 4. The zero-order chi connectivity index (χ0) is 68.5. The number of para-hydroxylation sites is 2. The van der Waals surface area contributed by atoms with Gasteiger partial charge in [0.15, 0.2) is 11.4 Å². The van der Waals surface area contributed by atoms with E-state index in [1.54, 1.807) is 0 Å². The zero-order valence-electron chi connectivity index (χ0n) is 56.4. The third-order valence-electron chi connectivity index (χ3n) is 21.2. The summed E-state index contributed by atoms with van der Waals surface area (Å²) in [4.78, 5) is 3.50. The van der Waals surface area contributed by atoms with Gasteiger partial charge in [-0.3, -0.25) is 0 Å². The maximum atomic E-state index is 11.1. The SMILES string of the molecule is CN1C(=CC=CC2=[N+](C)c3c(ccc4ccccc34)C2(C)C)C(Cc2ccccc2)(Cc2ccc(CC3(Cc4ccccc4)C(=CC=CC4=[N+](C)c5c(ccc6ccccc56)C4(C)C)N(C)c4ccccc43)cc2)c2ccccc21.O=S(=O)([O-])c1cccc2cccc(S(=O)(=O)[O-])c12. The van der Waals surface area contributed by atoms with Crippen molar-refractivity contribution in [2.45, 2.75) is 84.8 Å². The molecule has 4 aliphatic heterocycles. The monoisotopic (exact) mass is 1330 g/mol. The van der Waals surface area contributed by atoms with E-state index in [1.807, 2.05) is 0 Å². The number of hydrogen-bond donors (Lipinski definition) is 0. The molecule has 0 aromatic heterocycles. The lowest BCUT2D eigenvalue weighted by molar-refractivity contribution is -0.400. The first kappa shape index (κ1) is 65.2. The van der Waals surface area contributed by atoms with Gasteiger partial charge in [0.25, 0.3) is 0 Å². The summed E-state index contributed by atoms with van der Waals surface area (Å²) < 4.78 is 71.3. The molecule has 12 heteroatoms. The minimum absolute atomic E-state index is 0.161. The second kappa shape index (κ2) is 25.1. The summed E-state index contributed by atoms with van der Waals surface area (Å²) in [6.07, 6.45) is 17.7. The molecule has 0 saturated carbocycles. The topological polar surface area (TPSA) is 127 Å². The molecular formula is C86H78N4O6S2. The predicted octanol–water partition coefficient (Wildman–Crippen LogP) is 17.3. The van der Waals surface area contributed by atoms with Crippen LogP contribution >= 0.6 is 0 Å². The minimum atomic E-state index is -4.87. The molecule has 0 saturated heterocycles. The highest BCUT2D eigenvalue weighted by atomic mass is 32.2. The third kappa shape index (κ3) is 11.3. The Morgan fingerprint density at radius 3 is 1.10 bits per heavy atom. The molecule has 0 N–H and O–H groups in total. The lowest BCUT2D eigenvalue weighted by atomic mass is 9.69. The largest absolute Gasteiger partial charge is 0.744 e. The highest BCUT2D eigenvalue weighted by Crippen LogP contribution is 2.54. The Kier molecular flexibility index (Phi) is 16.7. The van der Waals surface area contributed by atoms with Gasteiger partial charge in [0.2, 0.25) is 11.4 Å². The number of anilines is 2. The van der Waals surface area contributed by atoms with Crippen molar-refractivity contribution in [1.29, 1.82) is 0 Å². The Morgan fingerprint density at radius 2 is 0.714 bits per heavy atom. The van der Waals surface area contributed by atoms with Gasteiger partial charge in [-0.1, -0.05) is 218 Å². The fourth-order valence-electron chi connectivity index (χ4n) is 16.7. The van der Waals surface area contributed by atoms with Gasteiger partial charge in [0.05, 0.1) is 31.4 Å². The molecule has 0 spiro atoms. The molecule has 0 fully saturated rings. The molecule has 4 aliphatic rings. The number of likely N-dealkylation sites (N-methyl/N-ethyl adjacent to an activating group) is 2. The van der Waals surface area contributed by atoms with Crippen molar-refractivity contribution in [2.24, 2.45) is 0 Å². The Balaban J connectivity index is 0.000000396. The van der Waals surface area contributed by atoms with E-state index in [0.717, 1.165) is 37.8 Å². The molecular weight excluding hydrogens is 1250 g/mol. The van der Waals surface area contributed by atoms with Crippen LogP contribution in [0.4, 0.5) is 22.7 Å². The smallest absolute Gasteiger partial charge is 0.217 e. The highest BCUT2D eigenvalue weighted by molar-refractivity contribution is 7.87. The quantitative estimate of drug-likeness (QED) is 0.0778. The van der Waals surface area contributed by atoms with Crippen LogP contribution in [-0.4, -0.2) is 74.7 Å². The molecule has 2 unspecified atom stereocenters. The summed E-state index contributed by atoms with van der Waals surface area (Å²) in [5.74, 6) is 0. The van der Waals surface area contributed by atoms with Crippen molar-refractivity contribution >= 4 is 86.7 Å². The highest BCUT2D eigenvalue weighted by Gasteiger charge is 2.49. The molecule has 98 heavy (non-hydrogen) atoms. The maximum Gasteiger partial charge on any atom is 0.217 e. The number of allylic oxidation sites excluding steroid dienone is 8. The van der Waals surface area contributed by atoms with Crippen LogP contribution < -0.4 is 9.80 Å². The average Bonchev–Trinajstić information content (AvgIpc) is 1.57. The molecule has 0 bridgehead atoms. The Bertz CT molecular complexity index is 5120. The first-order valence-electron chi connectivity index (χ1n) is 33.3. The van der Waals surface area contributed by atoms with E-state index < -0.39 is 30.0 Å². The van der Waals surface area contributed by atoms with Gasteiger partial charge in [-0.2, -0.15) is 9.15 Å². The van der Waals surface area contributed by atoms with Gasteiger partial charge in [0, 0.05) is 76.4 Å². The number of benzene rings is 11. The van der Waals surface area contributed by atoms with Crippen LogP contribution in [0.25, 0.3) is 32.3 Å². The van der Waals surface area contributed by atoms with E-state index in [2.05, 4.69) is 318 Å². The first-order valence-corrected chi connectivity index (χ1v) is 36.1. The van der Waals surface area contributed by atoms with E-state index in [1.165, 1.54) is 136 Å². The van der Waals surface area contributed by atoms with Crippen molar-refractivity contribution in [1.82, 2.24) is 0 Å². The molecule has 490 valence electrons. The Labute approximate surface area is 576 Å². The van der Waals surface area contributed by atoms with Crippen molar-refractivity contribution < 1.29 is 35.1 Å². The Morgan fingerprint density at radius 1 is 0.378 bits per heavy atom. The molecule has 0 radical (unpaired) electrons. The van der Waals surface area contributed by atoms with Crippen LogP contribution in [0.1, 0.15) is 72.2 Å². The van der Waals surface area contributed by atoms with Crippen molar-refractivity contribution in [2.75, 3.05) is 38.0 Å². The predicted molar refractivity (Wildman–Crippen MR) is 397 cm³/mol. The summed E-state index contributed by atoms with van der Waals surface area (Å²) in [5.41, 5.74) is 20.2. The molecule has 11 aromatic rings. The standard InChI is InChI=1S/C76H72N4.C10H8O6S2/c1-73(2)63-47-45-57-29-15-17-31-59(57)71(63)79(7)67(73)37-23-39-69-75(49-53-25-11-9-12-26-53,61-33-19-21-35-65(61)77(69)5)51-55-41-43-56(44-42-55)52-76(50-54-27-13-10-14-28-54)62-34-20-22-36-66(62)78(6)70(76)40-24-38-68-74(3,4)64-48-46-58-30-16-18-32-60(58)72(64)80(68)8;11-17(12,13)8-5-1-3-7-4-2-6-9(10(7)8)18(14,15)16/h9-48H,49-52H2,1-8H3;1-6H,(H,11,12,13)(H,14,15,16)/q+2;/p-2. The third-order valence-corrected chi connectivity index (χ3v) is 23.0. The minimum Gasteiger partial charge on any atom is -0.744 e. The van der Waals surface area contributed by atoms with E-state index >= 15 is 0 Å². The van der Waals surface area contributed by atoms with Crippen molar-refractivity contribution in [3.05, 3.63) is 335 Å². The van der Waals surface area contributed by atoms with E-state index in [9.17, 15) is 25.9 Å². The fraction of sp³-hybridized carbons (Fsp3) is 0.186. The van der Waals surface area contributed by atoms with Gasteiger partial charge in [-0.05, 0) is 151 Å². The molecule has 4 heterocycles. The van der Waals surface area contributed by atoms with Crippen LogP contribution in [-0.2, 0) is 67.6 Å². The second-order valence-corrected chi connectivity index (χ2v) is 30.4. The number of fused-ring (bicyclic) bond motifs is 9. The molecule has 10 nitrogen and oxygen atoms in total. The van der Waals surface area contributed by atoms with Crippen molar-refractivity contribution in [3.63, 3.8) is 0 Å². The van der Waals surface area contributed by atoms with Crippen LogP contribution in [0, 0.1) is 0 Å². The number of hydrogen-bond acceptors (Lipinski definition) is 8. The van der Waals surface area contributed by atoms with Crippen LogP contribution in [0.3, 0.4) is 0 Å². The molecule has 0 aliphatic carbocycles. The summed E-state index contributed by atoms with van der Waals surface area (Å²) in [6.45, 7) is 9.48. The molecule has 15 rings (SSSR count). The van der Waals surface area contributed by atoms with Gasteiger partial charge in [-0.25, -0.2) is 16.8 Å². The molecule has 11 aromatic carbocycles. The maximum absolute atomic E-state index is 11.1. The Hall–Kier alpha value is -10.1. The molecule has 0 amide bonds. The second-order valence-electron chi connectivity index (χ2n) is 27.7. The number of rotatable bonds is 14. The van der Waals surface area contributed by atoms with E-state index in [4.69, 9.17) is 0 Å². The lowest BCUT2D eigenvalue weighted by Gasteiger charge is -2.34. The fourth-order valence-corrected chi connectivity index (χ4v) is 18.2. The average molecular weight is 1330 g/mol. The summed E-state index contributed by atoms with van der Waals surface area (Å²) in [6, 6.07) is 84.4. The van der Waals surface area contributed by atoms with Crippen LogP contribution in [0.15, 0.2) is 300 Å². The van der Waals surface area contributed by atoms with Gasteiger partial charge < -0.3 is 18.9 Å². The van der Waals surface area contributed by atoms with Gasteiger partial charge >= 0.3 is 0 Å². The van der Waals surface area contributed by atoms with Crippen molar-refractivity contribution in [3.8, 4) is 0 Å². The summed E-state index contributed by atoms with van der Waals surface area (Å²) >= 11 is 0. The van der Waals surface area contributed by atoms with Gasteiger partial charge in [0.1, 0.15) is 34.3 Å². The summed E-state index contributed by atoms with van der Waals surface area (Å²) in [5, 5.41) is 4.99. The first-order chi connectivity index (χ1) is 47.0. The lowest BCUT2D eigenvalue weighted by Crippen LogP contribution is -2.35. The summed E-state index contributed by atoms with van der Waals surface area (Å²) in [7, 11) is -0.712. The van der Waals surface area contributed by atoms with Gasteiger partial charge in [-0.15, -0.1) is 0 Å². The zero-order valence-corrected chi connectivity index (χ0v) is 58.1. The van der Waals surface area contributed by atoms with Crippen LogP contribution in [0.2, 0.25) is 0 Å². The normalized spacial score (nSPS) is 19.3. The molecule has 2 atom stereocenters.